The minimum absolute atomic E-state index is 0.0265. The molecule has 4 rings (SSSR count). The number of nitrogens with two attached hydrogens (primary N) is 1. The molecule has 1 aliphatic rings. The van der Waals surface area contributed by atoms with E-state index >= 15 is 0 Å². The zero-order valence-corrected chi connectivity index (χ0v) is 18.8. The Labute approximate surface area is 187 Å². The van der Waals surface area contributed by atoms with Gasteiger partial charge in [0.05, 0.1) is 34.0 Å². The summed E-state index contributed by atoms with van der Waals surface area (Å²) in [6.45, 7) is 1.47. The number of rotatable bonds is 7. The van der Waals surface area contributed by atoms with E-state index in [-0.39, 0.29) is 6.10 Å². The van der Waals surface area contributed by atoms with Crippen LogP contribution < -0.4 is 34.3 Å². The number of ether oxygens (including phenoxy) is 5. The standard InChI is InChI=1S/C23H28N4O5/c1-28-17-6-5-7-18(29-2)21(17)32-14-8-10-27(11-9-14)23-25-16-13-20(31-4)19(30-3)12-15(16)22(24)26-23/h5-7,12-14H,8-11H2,1-4H3,(H2,24,25,26). The van der Waals surface area contributed by atoms with Crippen LogP contribution in [0.5, 0.6) is 28.7 Å². The molecule has 0 aliphatic carbocycles. The molecule has 0 bridgehead atoms. The van der Waals surface area contributed by atoms with Crippen LogP contribution >= 0.6 is 0 Å². The number of aromatic nitrogens is 2. The molecule has 0 saturated carbocycles. The van der Waals surface area contributed by atoms with Gasteiger partial charge in [-0.2, -0.15) is 4.98 Å². The fourth-order valence-electron chi connectivity index (χ4n) is 3.88. The highest BCUT2D eigenvalue weighted by Crippen LogP contribution is 2.39. The second-order valence-corrected chi connectivity index (χ2v) is 7.43. The molecule has 0 radical (unpaired) electrons. The maximum absolute atomic E-state index is 6.26. The van der Waals surface area contributed by atoms with Crippen LogP contribution in [0.3, 0.4) is 0 Å². The molecule has 1 saturated heterocycles. The fraction of sp³-hybridized carbons (Fsp3) is 0.391. The number of piperidine rings is 1. The molecule has 1 aromatic heterocycles. The SMILES string of the molecule is COc1cc2nc(N3CCC(Oc4c(OC)cccc4OC)CC3)nc(N)c2cc1OC. The molecule has 1 aliphatic heterocycles. The van der Waals surface area contributed by atoms with Crippen molar-refractivity contribution in [1.29, 1.82) is 0 Å². The Balaban J connectivity index is 1.51. The van der Waals surface area contributed by atoms with E-state index in [4.69, 9.17) is 34.4 Å². The van der Waals surface area contributed by atoms with Crippen molar-refractivity contribution in [3.8, 4) is 28.7 Å². The molecule has 1 fully saturated rings. The van der Waals surface area contributed by atoms with Crippen LogP contribution in [0.25, 0.3) is 10.9 Å². The second-order valence-electron chi connectivity index (χ2n) is 7.43. The zero-order chi connectivity index (χ0) is 22.7. The molecule has 2 aromatic carbocycles. The van der Waals surface area contributed by atoms with Gasteiger partial charge < -0.3 is 34.3 Å². The largest absolute Gasteiger partial charge is 0.493 e. The molecule has 2 N–H and O–H groups in total. The Hall–Kier alpha value is -3.62. The molecular formula is C23H28N4O5. The molecular weight excluding hydrogens is 412 g/mol. The van der Waals surface area contributed by atoms with E-state index in [2.05, 4.69) is 9.88 Å². The Kier molecular flexibility index (Phi) is 6.25. The summed E-state index contributed by atoms with van der Waals surface area (Å²) >= 11 is 0. The third kappa shape index (κ3) is 4.10. The van der Waals surface area contributed by atoms with Crippen LogP contribution in [0.1, 0.15) is 12.8 Å². The van der Waals surface area contributed by atoms with Crippen molar-refractivity contribution in [3.05, 3.63) is 30.3 Å². The average molecular weight is 441 g/mol. The van der Waals surface area contributed by atoms with E-state index < -0.39 is 0 Å². The number of nitrogen functional groups attached to an aromatic ring is 1. The van der Waals surface area contributed by atoms with Crippen molar-refractivity contribution in [1.82, 2.24) is 9.97 Å². The number of methoxy groups -OCH3 is 4. The first-order valence-corrected chi connectivity index (χ1v) is 10.4. The zero-order valence-electron chi connectivity index (χ0n) is 18.8. The lowest BCUT2D eigenvalue weighted by Gasteiger charge is -2.32. The highest BCUT2D eigenvalue weighted by Gasteiger charge is 2.25. The number of anilines is 2. The first-order valence-electron chi connectivity index (χ1n) is 10.4. The highest BCUT2D eigenvalue weighted by atomic mass is 16.5. The van der Waals surface area contributed by atoms with Crippen LogP contribution in [-0.2, 0) is 0 Å². The minimum Gasteiger partial charge on any atom is -0.493 e. The first kappa shape index (κ1) is 21.6. The molecule has 170 valence electrons. The molecule has 0 spiro atoms. The topological polar surface area (TPSA) is 101 Å². The lowest BCUT2D eigenvalue weighted by atomic mass is 10.1. The smallest absolute Gasteiger partial charge is 0.227 e. The summed E-state index contributed by atoms with van der Waals surface area (Å²) in [5, 5.41) is 0.730. The summed E-state index contributed by atoms with van der Waals surface area (Å²) in [4.78, 5) is 11.4. The van der Waals surface area contributed by atoms with Crippen molar-refractivity contribution in [2.45, 2.75) is 18.9 Å². The van der Waals surface area contributed by atoms with E-state index in [0.717, 1.165) is 31.3 Å². The van der Waals surface area contributed by atoms with Crippen LogP contribution in [-0.4, -0.2) is 57.6 Å². The minimum atomic E-state index is 0.0265. The number of benzene rings is 2. The van der Waals surface area contributed by atoms with Gasteiger partial charge in [-0.1, -0.05) is 6.07 Å². The summed E-state index contributed by atoms with van der Waals surface area (Å²) in [7, 11) is 6.42. The van der Waals surface area contributed by atoms with E-state index in [1.54, 1.807) is 34.5 Å². The van der Waals surface area contributed by atoms with Gasteiger partial charge >= 0.3 is 0 Å². The number of fused-ring (bicyclic) bond motifs is 1. The molecule has 2 heterocycles. The van der Waals surface area contributed by atoms with Crippen molar-refractivity contribution in [2.75, 3.05) is 52.2 Å². The molecule has 0 amide bonds. The van der Waals surface area contributed by atoms with Crippen molar-refractivity contribution < 1.29 is 23.7 Å². The Morgan fingerprint density at radius 2 is 1.44 bits per heavy atom. The van der Waals surface area contributed by atoms with Gasteiger partial charge in [0, 0.05) is 37.4 Å². The fourth-order valence-corrected chi connectivity index (χ4v) is 3.88. The van der Waals surface area contributed by atoms with Gasteiger partial charge in [0.25, 0.3) is 0 Å². The third-order valence-electron chi connectivity index (χ3n) is 5.61. The van der Waals surface area contributed by atoms with Crippen LogP contribution in [0.4, 0.5) is 11.8 Å². The monoisotopic (exact) mass is 440 g/mol. The maximum Gasteiger partial charge on any atom is 0.227 e. The van der Waals surface area contributed by atoms with Crippen LogP contribution in [0.2, 0.25) is 0 Å². The second kappa shape index (κ2) is 9.25. The van der Waals surface area contributed by atoms with Crippen molar-refractivity contribution in [2.24, 2.45) is 0 Å². The summed E-state index contributed by atoms with van der Waals surface area (Å²) < 4.78 is 27.9. The maximum atomic E-state index is 6.26. The van der Waals surface area contributed by atoms with E-state index in [9.17, 15) is 0 Å². The first-order chi connectivity index (χ1) is 15.6. The van der Waals surface area contributed by atoms with E-state index in [0.29, 0.717) is 46.0 Å². The van der Waals surface area contributed by atoms with Gasteiger partial charge in [-0.05, 0) is 18.2 Å². The number of nitrogens with zero attached hydrogens (tertiary/aromatic N) is 3. The van der Waals surface area contributed by atoms with E-state index in [1.165, 1.54) is 0 Å². The van der Waals surface area contributed by atoms with Gasteiger partial charge in [0.2, 0.25) is 11.7 Å². The average Bonchev–Trinajstić information content (AvgIpc) is 2.83. The molecule has 32 heavy (non-hydrogen) atoms. The van der Waals surface area contributed by atoms with Gasteiger partial charge in [-0.3, -0.25) is 0 Å². The summed E-state index contributed by atoms with van der Waals surface area (Å²) in [5.41, 5.74) is 6.96. The number of hydrogen-bond donors (Lipinski definition) is 1. The Morgan fingerprint density at radius 3 is 2.03 bits per heavy atom. The molecule has 0 atom stereocenters. The summed E-state index contributed by atoms with van der Waals surface area (Å²) in [6, 6.07) is 9.22. The predicted octanol–water partition coefficient (Wildman–Crippen LogP) is 3.29. The summed E-state index contributed by atoms with van der Waals surface area (Å²) in [5.74, 6) is 4.13. The Morgan fingerprint density at radius 1 is 0.844 bits per heavy atom. The molecule has 3 aromatic rings. The van der Waals surface area contributed by atoms with E-state index in [1.807, 2.05) is 24.3 Å². The molecule has 9 nitrogen and oxygen atoms in total. The normalized spacial score (nSPS) is 14.3. The van der Waals surface area contributed by atoms with Gasteiger partial charge in [-0.25, -0.2) is 4.98 Å². The third-order valence-corrected chi connectivity index (χ3v) is 5.61. The Bertz CT molecular complexity index is 1080. The van der Waals surface area contributed by atoms with Gasteiger partial charge in [0.1, 0.15) is 11.9 Å². The number of hydrogen-bond acceptors (Lipinski definition) is 9. The van der Waals surface area contributed by atoms with Gasteiger partial charge in [0.15, 0.2) is 23.0 Å². The molecule has 0 unspecified atom stereocenters. The molecule has 9 heteroatoms. The summed E-state index contributed by atoms with van der Waals surface area (Å²) in [6.07, 6.45) is 1.63. The van der Waals surface area contributed by atoms with Crippen molar-refractivity contribution >= 4 is 22.7 Å². The highest BCUT2D eigenvalue weighted by molar-refractivity contribution is 5.91. The van der Waals surface area contributed by atoms with Gasteiger partial charge in [-0.15, -0.1) is 0 Å². The lowest BCUT2D eigenvalue weighted by Crippen LogP contribution is -2.39. The predicted molar refractivity (Wildman–Crippen MR) is 122 cm³/mol. The van der Waals surface area contributed by atoms with Crippen LogP contribution in [0.15, 0.2) is 30.3 Å². The quantitative estimate of drug-likeness (QED) is 0.593. The number of para-hydroxylation sites is 1. The van der Waals surface area contributed by atoms with Crippen LogP contribution in [0, 0.1) is 0 Å². The van der Waals surface area contributed by atoms with Crippen molar-refractivity contribution in [3.63, 3.8) is 0 Å². The lowest BCUT2D eigenvalue weighted by molar-refractivity contribution is 0.158.